The monoisotopic (exact) mass is 317 g/mol. The lowest BCUT2D eigenvalue weighted by Crippen LogP contribution is -3.00. The molecule has 3 rings (SSSR count). The summed E-state index contributed by atoms with van der Waals surface area (Å²) >= 11 is 3.50. The summed E-state index contributed by atoms with van der Waals surface area (Å²) in [6.45, 7) is 0. The first-order valence-corrected chi connectivity index (χ1v) is 6.44. The summed E-state index contributed by atoms with van der Waals surface area (Å²) < 4.78 is 14.7. The summed E-state index contributed by atoms with van der Waals surface area (Å²) in [6, 6.07) is 6.21. The standard InChI is InChI=1S/C13H13BrFN.ClH/c14-8-2-1-7-5-11-9(10(7)6-8)3-4-12(15)13(11)16;/h1-2,6,12-13H,3-5,16H2;1H. The SMILES string of the molecule is [Cl-].[NH3+]C1C2=C(CCC1F)c1cc(Br)ccc1C2. The van der Waals surface area contributed by atoms with Gasteiger partial charge in [0.1, 0.15) is 6.04 Å². The van der Waals surface area contributed by atoms with Gasteiger partial charge in [0.15, 0.2) is 6.17 Å². The minimum atomic E-state index is -0.753. The van der Waals surface area contributed by atoms with Crippen molar-refractivity contribution in [3.8, 4) is 0 Å². The number of allylic oxidation sites excluding steroid dienone is 1. The number of quaternary nitrogens is 1. The molecule has 0 fully saturated rings. The molecular weight excluding hydrogens is 305 g/mol. The summed E-state index contributed by atoms with van der Waals surface area (Å²) in [4.78, 5) is 0. The molecule has 17 heavy (non-hydrogen) atoms. The lowest BCUT2D eigenvalue weighted by molar-refractivity contribution is -0.420. The fourth-order valence-corrected chi connectivity index (χ4v) is 3.18. The third-order valence-corrected chi connectivity index (χ3v) is 4.21. The predicted molar refractivity (Wildman–Crippen MR) is 65.6 cm³/mol. The first-order valence-electron chi connectivity index (χ1n) is 5.64. The Morgan fingerprint density at radius 2 is 2.12 bits per heavy atom. The second-order valence-corrected chi connectivity index (χ2v) is 5.56. The molecule has 0 saturated carbocycles. The molecule has 1 nitrogen and oxygen atoms in total. The van der Waals surface area contributed by atoms with Gasteiger partial charge in [-0.1, -0.05) is 22.0 Å². The molecule has 0 amide bonds. The van der Waals surface area contributed by atoms with E-state index in [4.69, 9.17) is 0 Å². The Morgan fingerprint density at radius 1 is 1.35 bits per heavy atom. The molecule has 0 aliphatic heterocycles. The smallest absolute Gasteiger partial charge is 0.156 e. The maximum atomic E-state index is 13.6. The van der Waals surface area contributed by atoms with Crippen LogP contribution in [-0.4, -0.2) is 12.2 Å². The van der Waals surface area contributed by atoms with Gasteiger partial charge in [0, 0.05) is 10.9 Å². The van der Waals surface area contributed by atoms with Crippen LogP contribution in [0.1, 0.15) is 24.0 Å². The van der Waals surface area contributed by atoms with Gasteiger partial charge in [0.05, 0.1) is 0 Å². The molecule has 0 aromatic heterocycles. The molecule has 0 bridgehead atoms. The molecule has 0 heterocycles. The van der Waals surface area contributed by atoms with E-state index in [1.165, 1.54) is 22.3 Å². The van der Waals surface area contributed by atoms with Crippen LogP contribution in [0.25, 0.3) is 5.57 Å². The van der Waals surface area contributed by atoms with Gasteiger partial charge >= 0.3 is 0 Å². The Labute approximate surface area is 115 Å². The second-order valence-electron chi connectivity index (χ2n) is 4.64. The molecule has 0 radical (unpaired) electrons. The molecule has 2 aliphatic carbocycles. The van der Waals surface area contributed by atoms with Crippen LogP contribution in [0.5, 0.6) is 0 Å². The van der Waals surface area contributed by atoms with Gasteiger partial charge in [0.2, 0.25) is 0 Å². The molecule has 2 aliphatic rings. The van der Waals surface area contributed by atoms with Gasteiger partial charge in [-0.25, -0.2) is 4.39 Å². The van der Waals surface area contributed by atoms with Crippen molar-refractivity contribution in [3.63, 3.8) is 0 Å². The topological polar surface area (TPSA) is 27.6 Å². The fraction of sp³-hybridized carbons (Fsp3) is 0.385. The average molecular weight is 319 g/mol. The second kappa shape index (κ2) is 4.71. The van der Waals surface area contributed by atoms with Crippen molar-refractivity contribution < 1.29 is 22.5 Å². The third kappa shape index (κ3) is 2.05. The minimum absolute atomic E-state index is 0. The average Bonchev–Trinajstić information content (AvgIpc) is 2.62. The van der Waals surface area contributed by atoms with Crippen LogP contribution in [0.3, 0.4) is 0 Å². The molecular formula is C13H14BrClFN. The number of alkyl halides is 1. The largest absolute Gasteiger partial charge is 1.00 e. The number of hydrogen-bond donors (Lipinski definition) is 1. The highest BCUT2D eigenvalue weighted by Crippen LogP contribution is 2.42. The minimum Gasteiger partial charge on any atom is -1.00 e. The van der Waals surface area contributed by atoms with Crippen molar-refractivity contribution in [2.24, 2.45) is 0 Å². The maximum Gasteiger partial charge on any atom is 0.156 e. The zero-order valence-corrected chi connectivity index (χ0v) is 11.7. The molecule has 2 unspecified atom stereocenters. The lowest BCUT2D eigenvalue weighted by Gasteiger charge is -2.22. The van der Waals surface area contributed by atoms with Crippen LogP contribution in [0.4, 0.5) is 4.39 Å². The molecule has 92 valence electrons. The van der Waals surface area contributed by atoms with Gasteiger partial charge in [-0.05, 0) is 47.2 Å². The van der Waals surface area contributed by atoms with Gasteiger partial charge in [-0.15, -0.1) is 0 Å². The Morgan fingerprint density at radius 3 is 2.88 bits per heavy atom. The third-order valence-electron chi connectivity index (χ3n) is 3.72. The molecule has 4 heteroatoms. The quantitative estimate of drug-likeness (QED) is 0.668. The first kappa shape index (κ1) is 13.1. The van der Waals surface area contributed by atoms with Gasteiger partial charge in [-0.3, -0.25) is 0 Å². The molecule has 3 N–H and O–H groups in total. The summed E-state index contributed by atoms with van der Waals surface area (Å²) in [5.41, 5.74) is 9.20. The van der Waals surface area contributed by atoms with E-state index in [9.17, 15) is 4.39 Å². The summed E-state index contributed by atoms with van der Waals surface area (Å²) in [5.74, 6) is 0. The number of hydrogen-bond acceptors (Lipinski definition) is 0. The van der Waals surface area contributed by atoms with Gasteiger partial charge < -0.3 is 18.1 Å². The Bertz CT molecular complexity index is 486. The molecule has 1 aromatic carbocycles. The van der Waals surface area contributed by atoms with Gasteiger partial charge in [0.25, 0.3) is 0 Å². The van der Waals surface area contributed by atoms with Crippen molar-refractivity contribution in [3.05, 3.63) is 39.4 Å². The van der Waals surface area contributed by atoms with E-state index < -0.39 is 6.17 Å². The van der Waals surface area contributed by atoms with E-state index in [0.717, 1.165) is 17.3 Å². The van der Waals surface area contributed by atoms with E-state index in [-0.39, 0.29) is 18.4 Å². The Balaban J connectivity index is 0.00000108. The lowest BCUT2D eigenvalue weighted by atomic mass is 9.87. The van der Waals surface area contributed by atoms with E-state index >= 15 is 0 Å². The van der Waals surface area contributed by atoms with Crippen LogP contribution >= 0.6 is 15.9 Å². The van der Waals surface area contributed by atoms with Crippen molar-refractivity contribution in [1.29, 1.82) is 0 Å². The van der Waals surface area contributed by atoms with Crippen LogP contribution in [0.2, 0.25) is 0 Å². The summed E-state index contributed by atoms with van der Waals surface area (Å²) in [5, 5.41) is 0. The first-order chi connectivity index (χ1) is 7.66. The highest BCUT2D eigenvalue weighted by atomic mass is 79.9. The summed E-state index contributed by atoms with van der Waals surface area (Å²) in [7, 11) is 0. The fourth-order valence-electron chi connectivity index (χ4n) is 2.82. The number of benzene rings is 1. The van der Waals surface area contributed by atoms with E-state index in [1.54, 1.807) is 0 Å². The maximum absolute atomic E-state index is 13.6. The van der Waals surface area contributed by atoms with Crippen LogP contribution in [-0.2, 0) is 6.42 Å². The van der Waals surface area contributed by atoms with Crippen molar-refractivity contribution in [1.82, 2.24) is 0 Å². The highest BCUT2D eigenvalue weighted by molar-refractivity contribution is 9.10. The van der Waals surface area contributed by atoms with Crippen LogP contribution in [0, 0.1) is 0 Å². The van der Waals surface area contributed by atoms with Crippen molar-refractivity contribution >= 4 is 21.5 Å². The predicted octanol–water partition coefficient (Wildman–Crippen LogP) is -0.495. The zero-order chi connectivity index (χ0) is 11.3. The summed E-state index contributed by atoms with van der Waals surface area (Å²) in [6.07, 6.45) is 1.63. The molecule has 2 atom stereocenters. The number of fused-ring (bicyclic) bond motifs is 2. The van der Waals surface area contributed by atoms with E-state index in [0.29, 0.717) is 6.42 Å². The van der Waals surface area contributed by atoms with Crippen molar-refractivity contribution in [2.75, 3.05) is 0 Å². The van der Waals surface area contributed by atoms with Gasteiger partial charge in [-0.2, -0.15) is 0 Å². The Hall–Kier alpha value is -0.380. The van der Waals surface area contributed by atoms with Crippen LogP contribution in [0.15, 0.2) is 28.2 Å². The molecule has 0 spiro atoms. The Kier molecular flexibility index (Phi) is 3.62. The zero-order valence-electron chi connectivity index (χ0n) is 9.35. The van der Waals surface area contributed by atoms with E-state index in [2.05, 4.69) is 39.9 Å². The van der Waals surface area contributed by atoms with Crippen molar-refractivity contribution in [2.45, 2.75) is 31.5 Å². The molecule has 1 aromatic rings. The molecule has 0 saturated heterocycles. The normalized spacial score (nSPS) is 26.3. The number of halogens is 3. The van der Waals surface area contributed by atoms with E-state index in [1.807, 2.05) is 0 Å². The van der Waals surface area contributed by atoms with Crippen LogP contribution < -0.4 is 18.1 Å². The number of rotatable bonds is 0. The highest BCUT2D eigenvalue weighted by Gasteiger charge is 2.36.